The summed E-state index contributed by atoms with van der Waals surface area (Å²) in [5, 5.41) is 0. The van der Waals surface area contributed by atoms with Gasteiger partial charge in [0.05, 0.1) is 0 Å². The first-order chi connectivity index (χ1) is 7.47. The van der Waals surface area contributed by atoms with Gasteiger partial charge in [0.15, 0.2) is 0 Å². The molecule has 98 valence electrons. The van der Waals surface area contributed by atoms with Gasteiger partial charge in [-0.3, -0.25) is 0 Å². The van der Waals surface area contributed by atoms with Gasteiger partial charge in [0.1, 0.15) is 0 Å². The predicted octanol–water partition coefficient (Wildman–Crippen LogP) is 0.538. The highest BCUT2D eigenvalue weighted by Gasteiger charge is 2.17. The largest absolute Gasteiger partial charge is 0.330 e. The molecule has 3 N–H and O–H groups in total. The van der Waals surface area contributed by atoms with Crippen LogP contribution >= 0.6 is 0 Å². The fourth-order valence-corrected chi connectivity index (χ4v) is 2.69. The molecule has 1 atom stereocenters. The molecule has 0 aliphatic heterocycles. The summed E-state index contributed by atoms with van der Waals surface area (Å²) in [5.74, 6) is 0.456. The Morgan fingerprint density at radius 1 is 1.31 bits per heavy atom. The van der Waals surface area contributed by atoms with E-state index in [0.717, 1.165) is 12.8 Å². The van der Waals surface area contributed by atoms with Crippen LogP contribution in [0, 0.1) is 5.92 Å². The van der Waals surface area contributed by atoms with E-state index in [4.69, 9.17) is 5.73 Å². The van der Waals surface area contributed by atoms with E-state index in [1.807, 2.05) is 13.8 Å². The maximum Gasteiger partial charge on any atom is 0.279 e. The van der Waals surface area contributed by atoms with Gasteiger partial charge in [0.25, 0.3) is 10.2 Å². The van der Waals surface area contributed by atoms with Crippen molar-refractivity contribution in [1.82, 2.24) is 9.03 Å². The topological polar surface area (TPSA) is 75.4 Å². The smallest absolute Gasteiger partial charge is 0.279 e. The van der Waals surface area contributed by atoms with Crippen LogP contribution in [0.15, 0.2) is 0 Å². The monoisotopic (exact) mass is 251 g/mol. The van der Waals surface area contributed by atoms with Gasteiger partial charge in [-0.25, -0.2) is 4.72 Å². The minimum Gasteiger partial charge on any atom is -0.330 e. The van der Waals surface area contributed by atoms with Gasteiger partial charge in [-0.1, -0.05) is 20.8 Å². The van der Waals surface area contributed by atoms with Crippen LogP contribution in [0.25, 0.3) is 0 Å². The van der Waals surface area contributed by atoms with E-state index in [2.05, 4.69) is 11.6 Å². The van der Waals surface area contributed by atoms with Crippen molar-refractivity contribution < 1.29 is 8.42 Å². The molecule has 0 amide bonds. The summed E-state index contributed by atoms with van der Waals surface area (Å²) in [6.45, 7) is 7.89. The molecule has 1 unspecified atom stereocenters. The summed E-state index contributed by atoms with van der Waals surface area (Å²) in [4.78, 5) is 0. The molecular formula is C10H25N3O2S. The molecule has 0 saturated heterocycles. The Bertz CT molecular complexity index is 263. The highest BCUT2D eigenvalue weighted by Crippen LogP contribution is 2.03. The zero-order valence-electron chi connectivity index (χ0n) is 10.6. The Morgan fingerprint density at radius 3 is 2.31 bits per heavy atom. The third kappa shape index (κ3) is 5.79. The van der Waals surface area contributed by atoms with Crippen molar-refractivity contribution in [2.45, 2.75) is 33.6 Å². The molecule has 0 aromatic rings. The minimum absolute atomic E-state index is 0.456. The van der Waals surface area contributed by atoms with Crippen molar-refractivity contribution >= 4 is 10.2 Å². The van der Waals surface area contributed by atoms with Gasteiger partial charge < -0.3 is 5.73 Å². The summed E-state index contributed by atoms with van der Waals surface area (Å²) in [7, 11) is -3.28. The first-order valence-corrected chi connectivity index (χ1v) is 7.36. The Labute approximate surface area is 99.6 Å². The number of hydrogen-bond acceptors (Lipinski definition) is 3. The zero-order valence-corrected chi connectivity index (χ0v) is 11.4. The first-order valence-electron chi connectivity index (χ1n) is 5.92. The van der Waals surface area contributed by atoms with Gasteiger partial charge in [-0.2, -0.15) is 12.7 Å². The molecule has 0 spiro atoms. The minimum atomic E-state index is -3.28. The van der Waals surface area contributed by atoms with Gasteiger partial charge in [-0.15, -0.1) is 0 Å². The molecule has 0 aliphatic rings. The van der Waals surface area contributed by atoms with Crippen molar-refractivity contribution in [3.05, 3.63) is 0 Å². The lowest BCUT2D eigenvalue weighted by molar-refractivity contribution is 0.431. The second-order valence-electron chi connectivity index (χ2n) is 3.97. The molecule has 16 heavy (non-hydrogen) atoms. The van der Waals surface area contributed by atoms with E-state index in [0.29, 0.717) is 32.1 Å². The average Bonchev–Trinajstić information content (AvgIpc) is 2.25. The summed E-state index contributed by atoms with van der Waals surface area (Å²) >= 11 is 0. The fourth-order valence-electron chi connectivity index (χ4n) is 1.42. The molecule has 0 aromatic carbocycles. The zero-order chi connectivity index (χ0) is 12.6. The molecule has 0 aromatic heterocycles. The quantitative estimate of drug-likeness (QED) is 0.587. The molecule has 6 heteroatoms. The van der Waals surface area contributed by atoms with Crippen LogP contribution in [0.1, 0.15) is 33.6 Å². The molecule has 0 heterocycles. The van der Waals surface area contributed by atoms with Crippen molar-refractivity contribution in [2.24, 2.45) is 11.7 Å². The van der Waals surface area contributed by atoms with Crippen molar-refractivity contribution in [1.29, 1.82) is 0 Å². The number of nitrogens with two attached hydrogens (primary N) is 1. The predicted molar refractivity (Wildman–Crippen MR) is 67.3 cm³/mol. The lowest BCUT2D eigenvalue weighted by Gasteiger charge is -2.19. The van der Waals surface area contributed by atoms with Crippen LogP contribution in [0.2, 0.25) is 0 Å². The van der Waals surface area contributed by atoms with Crippen molar-refractivity contribution in [3.8, 4) is 0 Å². The van der Waals surface area contributed by atoms with E-state index in [1.165, 1.54) is 4.31 Å². The normalized spacial score (nSPS) is 14.3. The second kappa shape index (κ2) is 8.00. The molecule has 0 bridgehead atoms. The Balaban J connectivity index is 3.91. The van der Waals surface area contributed by atoms with Gasteiger partial charge >= 0.3 is 0 Å². The maximum absolute atomic E-state index is 11.7. The molecule has 0 radical (unpaired) electrons. The van der Waals surface area contributed by atoms with Crippen LogP contribution in [0.3, 0.4) is 0 Å². The molecule has 0 rings (SSSR count). The number of rotatable bonds is 9. The van der Waals surface area contributed by atoms with Crippen LogP contribution in [0.5, 0.6) is 0 Å². The summed E-state index contributed by atoms with van der Waals surface area (Å²) in [6.07, 6.45) is 1.79. The molecular weight excluding hydrogens is 226 g/mol. The van der Waals surface area contributed by atoms with Crippen LogP contribution in [-0.4, -0.2) is 38.9 Å². The number of nitrogens with one attached hydrogen (secondary N) is 1. The Morgan fingerprint density at radius 2 is 1.88 bits per heavy atom. The third-order valence-corrected chi connectivity index (χ3v) is 4.37. The maximum atomic E-state index is 11.7. The lowest BCUT2D eigenvalue weighted by Crippen LogP contribution is -2.40. The van der Waals surface area contributed by atoms with Crippen molar-refractivity contribution in [2.75, 3.05) is 26.2 Å². The summed E-state index contributed by atoms with van der Waals surface area (Å²) in [5.41, 5.74) is 5.48. The second-order valence-corrected chi connectivity index (χ2v) is 5.72. The molecule has 0 fully saturated rings. The van der Waals surface area contributed by atoms with Crippen LogP contribution in [0.4, 0.5) is 0 Å². The van der Waals surface area contributed by atoms with Gasteiger partial charge in [-0.05, 0) is 25.3 Å². The van der Waals surface area contributed by atoms with Crippen LogP contribution < -0.4 is 10.5 Å². The van der Waals surface area contributed by atoms with E-state index in [9.17, 15) is 8.42 Å². The lowest BCUT2D eigenvalue weighted by atomic mass is 10.1. The average molecular weight is 251 g/mol. The number of hydrogen-bond donors (Lipinski definition) is 2. The van der Waals surface area contributed by atoms with E-state index in [1.54, 1.807) is 0 Å². The van der Waals surface area contributed by atoms with Crippen molar-refractivity contribution in [3.63, 3.8) is 0 Å². The summed E-state index contributed by atoms with van der Waals surface area (Å²) < 4.78 is 27.4. The third-order valence-electron chi connectivity index (χ3n) is 2.61. The summed E-state index contributed by atoms with van der Waals surface area (Å²) in [6, 6.07) is 0. The molecule has 5 nitrogen and oxygen atoms in total. The van der Waals surface area contributed by atoms with E-state index in [-0.39, 0.29) is 0 Å². The highest BCUT2D eigenvalue weighted by molar-refractivity contribution is 7.87. The first kappa shape index (κ1) is 15.8. The fraction of sp³-hybridized carbons (Fsp3) is 1.00. The van der Waals surface area contributed by atoms with Gasteiger partial charge in [0, 0.05) is 19.6 Å². The Hall–Kier alpha value is -0.170. The SMILES string of the molecule is CCN(CC)S(=O)(=O)NCCCC(C)CN. The van der Waals surface area contributed by atoms with Crippen LogP contribution in [-0.2, 0) is 10.2 Å². The van der Waals surface area contributed by atoms with E-state index >= 15 is 0 Å². The standard InChI is InChI=1S/C10H25N3O2S/c1-4-13(5-2)16(14,15)12-8-6-7-10(3)9-11/h10,12H,4-9,11H2,1-3H3. The molecule has 0 saturated carbocycles. The Kier molecular flexibility index (Phi) is 7.91. The van der Waals surface area contributed by atoms with Gasteiger partial charge in [0.2, 0.25) is 0 Å². The highest BCUT2D eigenvalue weighted by atomic mass is 32.2. The molecule has 0 aliphatic carbocycles. The van der Waals surface area contributed by atoms with E-state index < -0.39 is 10.2 Å². The number of nitrogens with zero attached hydrogens (tertiary/aromatic N) is 1.